The first kappa shape index (κ1) is 23.0. The highest BCUT2D eigenvalue weighted by molar-refractivity contribution is 6.06. The van der Waals surface area contributed by atoms with E-state index in [1.807, 2.05) is 10.7 Å². The lowest BCUT2D eigenvalue weighted by Crippen LogP contribution is -2.21. The topological polar surface area (TPSA) is 80.0 Å². The maximum Gasteiger partial charge on any atom is 0.418 e. The average Bonchev–Trinajstić information content (AvgIpc) is 3.20. The molecule has 0 saturated heterocycles. The Labute approximate surface area is 189 Å². The number of allylic oxidation sites excluding steroid dienone is 1. The highest BCUT2D eigenvalue weighted by Crippen LogP contribution is 2.36. The van der Waals surface area contributed by atoms with Gasteiger partial charge in [-0.05, 0) is 68.4 Å². The summed E-state index contributed by atoms with van der Waals surface area (Å²) in [5, 5.41) is 17.3. The van der Waals surface area contributed by atoms with Crippen molar-refractivity contribution in [2.45, 2.75) is 44.8 Å². The second-order valence-electron chi connectivity index (χ2n) is 8.53. The number of alkyl halides is 3. The van der Waals surface area contributed by atoms with E-state index >= 15 is 0 Å². The summed E-state index contributed by atoms with van der Waals surface area (Å²) in [6.07, 6.45) is 1.81. The zero-order valence-corrected chi connectivity index (χ0v) is 18.2. The molecule has 1 aliphatic carbocycles. The Hall–Kier alpha value is -3.20. The van der Waals surface area contributed by atoms with Crippen LogP contribution in [0.4, 0.5) is 18.9 Å². The number of rotatable bonds is 5. The third-order valence-electron chi connectivity index (χ3n) is 6.19. The Balaban J connectivity index is 1.68. The maximum atomic E-state index is 13.3. The van der Waals surface area contributed by atoms with Gasteiger partial charge in [0, 0.05) is 29.4 Å². The van der Waals surface area contributed by atoms with Crippen LogP contribution in [0.2, 0.25) is 0 Å². The summed E-state index contributed by atoms with van der Waals surface area (Å²) >= 11 is 0. The van der Waals surface area contributed by atoms with Crippen molar-refractivity contribution < 1.29 is 23.1 Å². The summed E-state index contributed by atoms with van der Waals surface area (Å²) in [6, 6.07) is 5.75. The Bertz CT molecular complexity index is 1190. The van der Waals surface area contributed by atoms with Crippen LogP contribution in [0.1, 0.15) is 60.3 Å². The van der Waals surface area contributed by atoms with Crippen molar-refractivity contribution in [3.8, 4) is 0 Å². The zero-order chi connectivity index (χ0) is 23.8. The number of aromatic nitrogens is 3. The number of aliphatic hydroxyl groups excluding tert-OH is 1. The summed E-state index contributed by atoms with van der Waals surface area (Å²) in [5.41, 5.74) is 0.711. The van der Waals surface area contributed by atoms with Crippen LogP contribution < -0.4 is 5.32 Å². The monoisotopic (exact) mass is 458 g/mol. The molecule has 174 valence electrons. The third kappa shape index (κ3) is 4.64. The molecule has 0 unspecified atom stereocenters. The SMILES string of the molecule is C=C(C)c1cc2c(cnn2C2CCC(CO)CC2)cc1NC(=O)c1ncccc1C(F)(F)F. The normalized spacial score (nSPS) is 18.9. The van der Waals surface area contributed by atoms with Crippen LogP contribution in [0.5, 0.6) is 0 Å². The summed E-state index contributed by atoms with van der Waals surface area (Å²) in [6.45, 7) is 5.94. The van der Waals surface area contributed by atoms with Gasteiger partial charge in [0.25, 0.3) is 5.91 Å². The number of amides is 1. The van der Waals surface area contributed by atoms with Gasteiger partial charge in [0.15, 0.2) is 0 Å². The fourth-order valence-corrected chi connectivity index (χ4v) is 4.41. The first-order valence-corrected chi connectivity index (χ1v) is 10.8. The molecule has 0 bridgehead atoms. The van der Waals surface area contributed by atoms with Crippen LogP contribution in [-0.2, 0) is 6.18 Å². The molecule has 33 heavy (non-hydrogen) atoms. The van der Waals surface area contributed by atoms with Gasteiger partial charge in [-0.3, -0.25) is 14.5 Å². The molecule has 1 fully saturated rings. The second-order valence-corrected chi connectivity index (χ2v) is 8.53. The minimum absolute atomic E-state index is 0.196. The molecule has 4 rings (SSSR count). The van der Waals surface area contributed by atoms with Crippen molar-refractivity contribution in [3.05, 3.63) is 60.1 Å². The predicted molar refractivity (Wildman–Crippen MR) is 120 cm³/mol. The molecule has 1 aliphatic rings. The Kier molecular flexibility index (Phi) is 6.25. The molecule has 6 nitrogen and oxygen atoms in total. The van der Waals surface area contributed by atoms with Crippen LogP contribution >= 0.6 is 0 Å². The molecule has 2 N–H and O–H groups in total. The smallest absolute Gasteiger partial charge is 0.396 e. The summed E-state index contributed by atoms with van der Waals surface area (Å²) < 4.78 is 42.0. The quantitative estimate of drug-likeness (QED) is 0.532. The van der Waals surface area contributed by atoms with E-state index in [2.05, 4.69) is 22.0 Å². The van der Waals surface area contributed by atoms with Gasteiger partial charge in [0.2, 0.25) is 0 Å². The van der Waals surface area contributed by atoms with Crippen LogP contribution in [0, 0.1) is 5.92 Å². The van der Waals surface area contributed by atoms with Gasteiger partial charge in [-0.1, -0.05) is 6.58 Å². The van der Waals surface area contributed by atoms with E-state index in [4.69, 9.17) is 0 Å². The van der Waals surface area contributed by atoms with Crippen LogP contribution in [0.15, 0.2) is 43.2 Å². The van der Waals surface area contributed by atoms with Crippen LogP contribution in [0.25, 0.3) is 16.5 Å². The number of carbonyl (C=O) groups is 1. The number of carbonyl (C=O) groups excluding carboxylic acids is 1. The maximum absolute atomic E-state index is 13.3. The number of fused-ring (bicyclic) bond motifs is 1. The van der Waals surface area contributed by atoms with E-state index in [1.165, 1.54) is 0 Å². The van der Waals surface area contributed by atoms with Crippen molar-refractivity contribution in [1.82, 2.24) is 14.8 Å². The molecule has 0 aliphatic heterocycles. The lowest BCUT2D eigenvalue weighted by atomic mass is 9.86. The van der Waals surface area contributed by atoms with Crippen molar-refractivity contribution in [2.75, 3.05) is 11.9 Å². The number of benzene rings is 1. The number of hydrogen-bond donors (Lipinski definition) is 2. The molecule has 0 atom stereocenters. The fraction of sp³-hybridized carbons (Fsp3) is 0.375. The predicted octanol–water partition coefficient (Wildman–Crippen LogP) is 5.46. The largest absolute Gasteiger partial charge is 0.418 e. The molecule has 1 saturated carbocycles. The third-order valence-corrected chi connectivity index (χ3v) is 6.19. The van der Waals surface area contributed by atoms with Crippen molar-refractivity contribution >= 4 is 28.1 Å². The molecule has 2 heterocycles. The van der Waals surface area contributed by atoms with E-state index in [1.54, 1.807) is 19.2 Å². The Morgan fingerprint density at radius 1 is 1.27 bits per heavy atom. The lowest BCUT2D eigenvalue weighted by Gasteiger charge is -2.28. The van der Waals surface area contributed by atoms with Gasteiger partial charge in [-0.2, -0.15) is 18.3 Å². The minimum atomic E-state index is -4.70. The lowest BCUT2D eigenvalue weighted by molar-refractivity contribution is -0.138. The number of hydrogen-bond acceptors (Lipinski definition) is 4. The van der Waals surface area contributed by atoms with Crippen molar-refractivity contribution in [2.24, 2.45) is 5.92 Å². The number of aliphatic hydroxyl groups is 1. The molecule has 2 aromatic heterocycles. The molecular weight excluding hydrogens is 433 g/mol. The first-order chi connectivity index (χ1) is 15.7. The van der Waals surface area contributed by atoms with Gasteiger partial charge >= 0.3 is 6.18 Å². The number of halogens is 3. The number of nitrogens with one attached hydrogen (secondary N) is 1. The summed E-state index contributed by atoms with van der Waals surface area (Å²) in [4.78, 5) is 16.4. The zero-order valence-electron chi connectivity index (χ0n) is 18.2. The van der Waals surface area contributed by atoms with E-state index in [0.717, 1.165) is 54.9 Å². The van der Waals surface area contributed by atoms with Gasteiger partial charge < -0.3 is 10.4 Å². The first-order valence-electron chi connectivity index (χ1n) is 10.8. The second kappa shape index (κ2) is 8.97. The highest BCUT2D eigenvalue weighted by Gasteiger charge is 2.36. The summed E-state index contributed by atoms with van der Waals surface area (Å²) in [5.74, 6) is -0.622. The standard InChI is InChI=1S/C24H25F3N4O2/c1-14(2)18-11-21-16(12-29-31(21)17-7-5-15(13-32)6-8-17)10-20(18)30-23(33)22-19(24(25,26)27)4-3-9-28-22/h3-4,9-12,15,17,32H,1,5-8,13H2,2H3,(H,30,33). The van der Waals surface area contributed by atoms with Crippen molar-refractivity contribution in [3.63, 3.8) is 0 Å². The van der Waals surface area contributed by atoms with E-state index in [-0.39, 0.29) is 12.6 Å². The van der Waals surface area contributed by atoms with E-state index < -0.39 is 23.3 Å². The Morgan fingerprint density at radius 3 is 2.64 bits per heavy atom. The average molecular weight is 458 g/mol. The fourth-order valence-electron chi connectivity index (χ4n) is 4.41. The number of pyridine rings is 1. The number of anilines is 1. The van der Waals surface area contributed by atoms with Gasteiger partial charge in [-0.25, -0.2) is 0 Å². The molecule has 3 aromatic rings. The molecule has 0 spiro atoms. The molecular formula is C24H25F3N4O2. The highest BCUT2D eigenvalue weighted by atomic mass is 19.4. The molecule has 1 amide bonds. The van der Waals surface area contributed by atoms with Crippen LogP contribution in [0.3, 0.4) is 0 Å². The van der Waals surface area contributed by atoms with Crippen molar-refractivity contribution in [1.29, 1.82) is 0 Å². The molecule has 9 heteroatoms. The Morgan fingerprint density at radius 2 is 2.00 bits per heavy atom. The minimum Gasteiger partial charge on any atom is -0.396 e. The van der Waals surface area contributed by atoms with Gasteiger partial charge in [0.05, 0.1) is 23.3 Å². The van der Waals surface area contributed by atoms with Gasteiger partial charge in [-0.15, -0.1) is 0 Å². The molecule has 1 aromatic carbocycles. The van der Waals surface area contributed by atoms with Gasteiger partial charge in [0.1, 0.15) is 5.69 Å². The van der Waals surface area contributed by atoms with E-state index in [0.29, 0.717) is 22.7 Å². The van der Waals surface area contributed by atoms with Crippen LogP contribution in [-0.4, -0.2) is 32.4 Å². The summed E-state index contributed by atoms with van der Waals surface area (Å²) in [7, 11) is 0. The molecule has 0 radical (unpaired) electrons. The number of nitrogens with zero attached hydrogens (tertiary/aromatic N) is 3. The van der Waals surface area contributed by atoms with E-state index in [9.17, 15) is 23.1 Å².